The van der Waals surface area contributed by atoms with Crippen LogP contribution in [0.1, 0.15) is 6.42 Å². The van der Waals surface area contributed by atoms with Gasteiger partial charge in [0.15, 0.2) is 5.79 Å². The molecule has 8 nitrogen and oxygen atoms in total. The normalized spacial score (nSPS) is 40.5. The van der Waals surface area contributed by atoms with Crippen LogP contribution >= 0.6 is 0 Å². The van der Waals surface area contributed by atoms with Gasteiger partial charge in [0, 0.05) is 13.5 Å². The van der Waals surface area contributed by atoms with Gasteiger partial charge < -0.3 is 35.0 Å². The lowest BCUT2D eigenvalue weighted by molar-refractivity contribution is -0.325. The van der Waals surface area contributed by atoms with E-state index in [1.807, 2.05) is 0 Å². The Morgan fingerprint density at radius 3 is 2.50 bits per heavy atom. The van der Waals surface area contributed by atoms with Crippen molar-refractivity contribution in [1.82, 2.24) is 5.73 Å². The van der Waals surface area contributed by atoms with Gasteiger partial charge in [0.25, 0.3) is 0 Å². The van der Waals surface area contributed by atoms with Crippen molar-refractivity contribution in [1.29, 1.82) is 0 Å². The zero-order valence-electron chi connectivity index (χ0n) is 10.1. The van der Waals surface area contributed by atoms with Gasteiger partial charge in [0.2, 0.25) is 0 Å². The lowest BCUT2D eigenvalue weighted by Crippen LogP contribution is -2.62. The van der Waals surface area contributed by atoms with E-state index in [4.69, 9.17) is 20.3 Å². The molecule has 0 amide bonds. The van der Waals surface area contributed by atoms with Gasteiger partial charge in [-0.05, 0) is 0 Å². The van der Waals surface area contributed by atoms with Crippen LogP contribution in [0, 0.1) is 0 Å². The van der Waals surface area contributed by atoms with E-state index in [1.165, 1.54) is 7.11 Å². The molecule has 6 N–H and O–H groups in total. The maximum atomic E-state index is 9.73. The van der Waals surface area contributed by atoms with Crippen molar-refractivity contribution in [3.63, 3.8) is 0 Å². The fourth-order valence-corrected chi connectivity index (χ4v) is 1.94. The SMILES string of the molecule is CO[C@]1(C[NH])C[C@H](O)[C@@H](O)[C@H]([C@H](O)[C@@H](O)CO)O1. The highest BCUT2D eigenvalue weighted by molar-refractivity contribution is 4.95. The summed E-state index contributed by atoms with van der Waals surface area (Å²) in [6.45, 7) is -1.06. The minimum atomic E-state index is -1.60. The van der Waals surface area contributed by atoms with Crippen LogP contribution in [0.2, 0.25) is 0 Å². The Bertz CT molecular complexity index is 261. The van der Waals surface area contributed by atoms with Crippen molar-refractivity contribution < 1.29 is 35.0 Å². The van der Waals surface area contributed by atoms with E-state index in [0.29, 0.717) is 0 Å². The predicted octanol–water partition coefficient (Wildman–Crippen LogP) is -3.16. The van der Waals surface area contributed by atoms with Crippen molar-refractivity contribution in [2.75, 3.05) is 20.3 Å². The lowest BCUT2D eigenvalue weighted by atomic mass is 9.91. The number of aliphatic hydroxyl groups excluding tert-OH is 5. The second-order valence-electron chi connectivity index (χ2n) is 4.38. The quantitative estimate of drug-likeness (QED) is 0.353. The Morgan fingerprint density at radius 2 is 2.06 bits per heavy atom. The van der Waals surface area contributed by atoms with E-state index < -0.39 is 42.9 Å². The summed E-state index contributed by atoms with van der Waals surface area (Å²) in [7, 11) is 1.28. The Kier molecular flexibility index (Phi) is 5.44. The van der Waals surface area contributed by atoms with Crippen molar-refractivity contribution in [3.8, 4) is 0 Å². The highest BCUT2D eigenvalue weighted by Gasteiger charge is 2.49. The molecule has 6 atom stereocenters. The molecule has 1 rings (SSSR count). The molecule has 1 aliphatic rings. The van der Waals surface area contributed by atoms with Crippen LogP contribution < -0.4 is 5.73 Å². The lowest BCUT2D eigenvalue weighted by Gasteiger charge is -2.45. The van der Waals surface area contributed by atoms with E-state index >= 15 is 0 Å². The average molecular weight is 266 g/mol. The maximum absolute atomic E-state index is 9.73. The fourth-order valence-electron chi connectivity index (χ4n) is 1.94. The Labute approximate surface area is 105 Å². The summed E-state index contributed by atoms with van der Waals surface area (Å²) in [4.78, 5) is 0. The van der Waals surface area contributed by atoms with E-state index in [1.54, 1.807) is 0 Å². The highest BCUT2D eigenvalue weighted by atomic mass is 16.7. The van der Waals surface area contributed by atoms with Crippen molar-refractivity contribution >= 4 is 0 Å². The van der Waals surface area contributed by atoms with Crippen LogP contribution in [0.4, 0.5) is 0 Å². The van der Waals surface area contributed by atoms with Gasteiger partial charge in [0.1, 0.15) is 24.4 Å². The molecule has 0 aromatic carbocycles. The Balaban J connectivity index is 2.88. The van der Waals surface area contributed by atoms with E-state index in [2.05, 4.69) is 0 Å². The average Bonchev–Trinajstić information content (AvgIpc) is 2.40. The Hall–Kier alpha value is -0.320. The summed E-state index contributed by atoms with van der Waals surface area (Å²) < 4.78 is 10.3. The summed E-state index contributed by atoms with van der Waals surface area (Å²) in [6.07, 6.45) is -7.27. The first-order valence-electron chi connectivity index (χ1n) is 5.61. The van der Waals surface area contributed by atoms with E-state index in [0.717, 1.165) is 0 Å². The molecule has 1 radical (unpaired) electrons. The molecule has 0 bridgehead atoms. The molecule has 8 heteroatoms. The maximum Gasteiger partial charge on any atom is 0.184 e. The third-order valence-electron chi connectivity index (χ3n) is 3.16. The second-order valence-corrected chi connectivity index (χ2v) is 4.38. The zero-order chi connectivity index (χ0) is 13.9. The molecule has 0 spiro atoms. The molecule has 0 saturated carbocycles. The molecule has 1 aliphatic heterocycles. The molecule has 107 valence electrons. The van der Waals surface area contributed by atoms with Crippen LogP contribution in [0.15, 0.2) is 0 Å². The largest absolute Gasteiger partial charge is 0.394 e. The Morgan fingerprint density at radius 1 is 1.44 bits per heavy atom. The van der Waals surface area contributed by atoms with Gasteiger partial charge in [-0.25, -0.2) is 0 Å². The van der Waals surface area contributed by atoms with Crippen molar-refractivity contribution in [3.05, 3.63) is 0 Å². The van der Waals surface area contributed by atoms with Gasteiger partial charge >= 0.3 is 0 Å². The molecule has 0 unspecified atom stereocenters. The first kappa shape index (κ1) is 15.7. The van der Waals surface area contributed by atoms with Crippen molar-refractivity contribution in [2.45, 2.75) is 42.7 Å². The number of rotatable bonds is 5. The van der Waals surface area contributed by atoms with Crippen LogP contribution in [0.3, 0.4) is 0 Å². The topological polar surface area (TPSA) is 143 Å². The summed E-state index contributed by atoms with van der Waals surface area (Å²) in [5.74, 6) is -1.44. The molecule has 1 heterocycles. The summed E-state index contributed by atoms with van der Waals surface area (Å²) in [5, 5.41) is 47.3. The van der Waals surface area contributed by atoms with Gasteiger partial charge in [-0.3, -0.25) is 5.73 Å². The highest BCUT2D eigenvalue weighted by Crippen LogP contribution is 2.31. The first-order valence-corrected chi connectivity index (χ1v) is 5.61. The van der Waals surface area contributed by atoms with E-state index in [9.17, 15) is 20.4 Å². The van der Waals surface area contributed by atoms with Crippen LogP contribution in [-0.2, 0) is 9.47 Å². The number of methoxy groups -OCH3 is 1. The first-order chi connectivity index (χ1) is 8.40. The molecule has 0 aliphatic carbocycles. The summed E-state index contributed by atoms with van der Waals surface area (Å²) >= 11 is 0. The third-order valence-corrected chi connectivity index (χ3v) is 3.16. The molecule has 18 heavy (non-hydrogen) atoms. The number of ether oxygens (including phenoxy) is 2. The smallest absolute Gasteiger partial charge is 0.184 e. The molecular formula is C10H20NO7. The molecule has 0 aromatic rings. The summed E-state index contributed by atoms with van der Waals surface area (Å²) in [6, 6.07) is 0. The summed E-state index contributed by atoms with van der Waals surface area (Å²) in [5.41, 5.74) is 7.35. The minimum Gasteiger partial charge on any atom is -0.394 e. The van der Waals surface area contributed by atoms with Gasteiger partial charge in [-0.15, -0.1) is 0 Å². The number of hydrogen-bond donors (Lipinski definition) is 5. The van der Waals surface area contributed by atoms with Crippen LogP contribution in [0.5, 0.6) is 0 Å². The molecule has 1 fully saturated rings. The predicted molar refractivity (Wildman–Crippen MR) is 58.3 cm³/mol. The number of hydrogen-bond acceptors (Lipinski definition) is 7. The molecule has 1 saturated heterocycles. The molecular weight excluding hydrogens is 246 g/mol. The zero-order valence-corrected chi connectivity index (χ0v) is 10.1. The fraction of sp³-hybridized carbons (Fsp3) is 1.00. The monoisotopic (exact) mass is 266 g/mol. The standard InChI is InChI=1S/C10H20NO7/c1-17-10(4-11)2-5(13)7(15)9(18-10)8(16)6(14)3-12/h5-9,11-16H,2-4H2,1H3/t5-,6-,7+,8+,9+,10+/m0/s1. The minimum absolute atomic E-state index is 0.118. The second kappa shape index (κ2) is 6.22. The number of aliphatic hydroxyl groups is 5. The van der Waals surface area contributed by atoms with Gasteiger partial charge in [-0.1, -0.05) is 0 Å². The van der Waals surface area contributed by atoms with Gasteiger partial charge in [0.05, 0.1) is 19.3 Å². The van der Waals surface area contributed by atoms with Crippen LogP contribution in [-0.4, -0.2) is 82.1 Å². The van der Waals surface area contributed by atoms with Crippen LogP contribution in [0.25, 0.3) is 0 Å². The van der Waals surface area contributed by atoms with Gasteiger partial charge in [-0.2, -0.15) is 0 Å². The third kappa shape index (κ3) is 2.98. The molecule has 0 aromatic heterocycles. The number of nitrogens with one attached hydrogen (secondary N) is 1. The van der Waals surface area contributed by atoms with E-state index in [-0.39, 0.29) is 13.0 Å². The van der Waals surface area contributed by atoms with Crippen molar-refractivity contribution in [2.24, 2.45) is 0 Å².